The van der Waals surface area contributed by atoms with Crippen LogP contribution in [0.5, 0.6) is 0 Å². The van der Waals surface area contributed by atoms with E-state index in [2.05, 4.69) is 22.5 Å². The summed E-state index contributed by atoms with van der Waals surface area (Å²) >= 11 is 0. The Hall–Kier alpha value is -1.35. The Kier molecular flexibility index (Phi) is 1.77. The largest absolute Gasteiger partial charge is 0.310 e. The van der Waals surface area contributed by atoms with Gasteiger partial charge < -0.3 is 5.32 Å². The van der Waals surface area contributed by atoms with E-state index in [1.54, 1.807) is 0 Å². The van der Waals surface area contributed by atoms with E-state index in [9.17, 15) is 0 Å². The zero-order chi connectivity index (χ0) is 9.38. The number of aromatic nitrogens is 2. The van der Waals surface area contributed by atoms with Crippen molar-refractivity contribution in [3.05, 3.63) is 36.2 Å². The van der Waals surface area contributed by atoms with Gasteiger partial charge >= 0.3 is 0 Å². The molecule has 1 atom stereocenters. The van der Waals surface area contributed by atoms with E-state index in [-0.39, 0.29) is 0 Å². The third kappa shape index (κ3) is 1.21. The maximum absolute atomic E-state index is 4.18. The van der Waals surface area contributed by atoms with Crippen LogP contribution in [-0.2, 0) is 0 Å². The molecule has 14 heavy (non-hydrogen) atoms. The predicted molar refractivity (Wildman–Crippen MR) is 55.2 cm³/mol. The molecule has 3 heterocycles. The minimum absolute atomic E-state index is 0.551. The fraction of sp³-hybridized carbons (Fsp3) is 0.364. The first kappa shape index (κ1) is 8.00. The molecule has 1 fully saturated rings. The number of fused-ring (bicyclic) bond motifs is 1. The van der Waals surface area contributed by atoms with Crippen molar-refractivity contribution in [2.45, 2.75) is 18.9 Å². The molecule has 1 aliphatic heterocycles. The second-order valence-electron chi connectivity index (χ2n) is 3.81. The summed E-state index contributed by atoms with van der Waals surface area (Å²) in [7, 11) is 0. The van der Waals surface area contributed by atoms with Crippen molar-refractivity contribution in [3.63, 3.8) is 0 Å². The summed E-state index contributed by atoms with van der Waals surface area (Å²) in [6.07, 6.45) is 6.41. The Morgan fingerprint density at radius 1 is 1.43 bits per heavy atom. The van der Waals surface area contributed by atoms with Gasteiger partial charge in [-0.2, -0.15) is 5.10 Å². The first-order chi connectivity index (χ1) is 6.93. The van der Waals surface area contributed by atoms with Crippen molar-refractivity contribution in [3.8, 4) is 0 Å². The maximum Gasteiger partial charge on any atom is 0.0664 e. The van der Waals surface area contributed by atoms with Crippen LogP contribution in [0.2, 0.25) is 0 Å². The van der Waals surface area contributed by atoms with Crippen LogP contribution in [0.25, 0.3) is 5.52 Å². The highest BCUT2D eigenvalue weighted by molar-refractivity contribution is 5.48. The molecule has 0 radical (unpaired) electrons. The fourth-order valence-corrected chi connectivity index (χ4v) is 2.12. The Morgan fingerprint density at radius 2 is 2.43 bits per heavy atom. The van der Waals surface area contributed by atoms with E-state index < -0.39 is 0 Å². The molecule has 0 bridgehead atoms. The lowest BCUT2D eigenvalue weighted by atomic mass is 10.1. The maximum atomic E-state index is 4.18. The Labute approximate surface area is 82.7 Å². The molecule has 1 saturated heterocycles. The SMILES string of the molecule is c1cc2cc(C3CCCN3)ccn2n1. The molecule has 1 N–H and O–H groups in total. The monoisotopic (exact) mass is 187 g/mol. The van der Waals surface area contributed by atoms with Gasteiger partial charge in [-0.05, 0) is 43.1 Å². The number of nitrogens with one attached hydrogen (secondary N) is 1. The standard InChI is InChI=1S/C11H13N3/c1-2-11(12-5-1)9-4-7-14-10(8-9)3-6-13-14/h3-4,6-8,11-12H,1-2,5H2. The zero-order valence-corrected chi connectivity index (χ0v) is 7.98. The highest BCUT2D eigenvalue weighted by Crippen LogP contribution is 2.23. The summed E-state index contributed by atoms with van der Waals surface area (Å²) in [5.74, 6) is 0. The first-order valence-corrected chi connectivity index (χ1v) is 5.10. The number of hydrogen-bond donors (Lipinski definition) is 1. The molecule has 3 heteroatoms. The lowest BCUT2D eigenvalue weighted by Crippen LogP contribution is -2.12. The van der Waals surface area contributed by atoms with Crippen LogP contribution in [0, 0.1) is 0 Å². The lowest BCUT2D eigenvalue weighted by Gasteiger charge is -2.10. The first-order valence-electron chi connectivity index (χ1n) is 5.10. The van der Waals surface area contributed by atoms with Crippen molar-refractivity contribution in [2.24, 2.45) is 0 Å². The summed E-state index contributed by atoms with van der Waals surface area (Å²) in [5.41, 5.74) is 2.56. The average molecular weight is 187 g/mol. The third-order valence-electron chi connectivity index (χ3n) is 2.89. The van der Waals surface area contributed by atoms with Crippen LogP contribution >= 0.6 is 0 Å². The highest BCUT2D eigenvalue weighted by Gasteiger charge is 2.15. The molecule has 1 unspecified atom stereocenters. The number of hydrogen-bond acceptors (Lipinski definition) is 2. The van der Waals surface area contributed by atoms with Crippen molar-refractivity contribution in [1.29, 1.82) is 0 Å². The molecule has 2 aromatic heterocycles. The van der Waals surface area contributed by atoms with Gasteiger partial charge in [-0.1, -0.05) is 0 Å². The Balaban J connectivity index is 2.04. The van der Waals surface area contributed by atoms with Crippen LogP contribution in [0.4, 0.5) is 0 Å². The molecule has 0 spiro atoms. The van der Waals surface area contributed by atoms with Crippen LogP contribution in [-0.4, -0.2) is 16.2 Å². The van der Waals surface area contributed by atoms with Gasteiger partial charge in [0.1, 0.15) is 0 Å². The normalized spacial score (nSPS) is 21.9. The van der Waals surface area contributed by atoms with E-state index in [4.69, 9.17) is 0 Å². The van der Waals surface area contributed by atoms with Gasteiger partial charge in [-0.25, -0.2) is 4.52 Å². The summed E-state index contributed by atoms with van der Waals surface area (Å²) in [6.45, 7) is 1.15. The fourth-order valence-electron chi connectivity index (χ4n) is 2.12. The van der Waals surface area contributed by atoms with E-state index in [0.717, 1.165) is 6.54 Å². The molecule has 0 amide bonds. The minimum atomic E-state index is 0.551. The van der Waals surface area contributed by atoms with Gasteiger partial charge in [-0.15, -0.1) is 0 Å². The van der Waals surface area contributed by atoms with Gasteiger partial charge in [0, 0.05) is 18.4 Å². The second-order valence-corrected chi connectivity index (χ2v) is 3.81. The molecular formula is C11H13N3. The molecule has 72 valence electrons. The van der Waals surface area contributed by atoms with Gasteiger partial charge in [0.15, 0.2) is 0 Å². The van der Waals surface area contributed by atoms with Crippen molar-refractivity contribution in [2.75, 3.05) is 6.54 Å². The molecule has 0 aromatic carbocycles. The van der Waals surface area contributed by atoms with Crippen molar-refractivity contribution >= 4 is 5.52 Å². The van der Waals surface area contributed by atoms with Crippen LogP contribution in [0.15, 0.2) is 30.6 Å². The number of pyridine rings is 1. The lowest BCUT2D eigenvalue weighted by molar-refractivity contribution is 0.646. The van der Waals surface area contributed by atoms with Crippen molar-refractivity contribution in [1.82, 2.24) is 14.9 Å². The van der Waals surface area contributed by atoms with Gasteiger partial charge in [0.25, 0.3) is 0 Å². The average Bonchev–Trinajstić information content (AvgIpc) is 2.88. The Bertz CT molecular complexity index is 440. The summed E-state index contributed by atoms with van der Waals surface area (Å²) in [4.78, 5) is 0. The molecular weight excluding hydrogens is 174 g/mol. The summed E-state index contributed by atoms with van der Waals surface area (Å²) in [5, 5.41) is 7.68. The van der Waals surface area contributed by atoms with E-state index >= 15 is 0 Å². The van der Waals surface area contributed by atoms with Crippen LogP contribution in [0.1, 0.15) is 24.4 Å². The van der Waals surface area contributed by atoms with E-state index in [1.165, 1.54) is 23.9 Å². The van der Waals surface area contributed by atoms with Crippen LogP contribution < -0.4 is 5.32 Å². The van der Waals surface area contributed by atoms with E-state index in [1.807, 2.05) is 23.0 Å². The zero-order valence-electron chi connectivity index (χ0n) is 7.98. The smallest absolute Gasteiger partial charge is 0.0664 e. The highest BCUT2D eigenvalue weighted by atomic mass is 15.2. The third-order valence-corrected chi connectivity index (χ3v) is 2.89. The van der Waals surface area contributed by atoms with Crippen molar-refractivity contribution < 1.29 is 0 Å². The minimum Gasteiger partial charge on any atom is -0.310 e. The molecule has 2 aromatic rings. The molecule has 0 aliphatic carbocycles. The predicted octanol–water partition coefficient (Wildman–Crippen LogP) is 1.76. The molecule has 3 nitrogen and oxygen atoms in total. The molecule has 0 saturated carbocycles. The van der Waals surface area contributed by atoms with Gasteiger partial charge in [0.2, 0.25) is 0 Å². The second kappa shape index (κ2) is 3.10. The topological polar surface area (TPSA) is 29.3 Å². The van der Waals surface area contributed by atoms with Crippen LogP contribution in [0.3, 0.4) is 0 Å². The molecule has 3 rings (SSSR count). The summed E-state index contributed by atoms with van der Waals surface area (Å²) in [6, 6.07) is 6.96. The van der Waals surface area contributed by atoms with E-state index in [0.29, 0.717) is 6.04 Å². The van der Waals surface area contributed by atoms with Gasteiger partial charge in [0.05, 0.1) is 5.52 Å². The van der Waals surface area contributed by atoms with Gasteiger partial charge in [-0.3, -0.25) is 0 Å². The number of nitrogens with zero attached hydrogens (tertiary/aromatic N) is 2. The Morgan fingerprint density at radius 3 is 3.29 bits per heavy atom. The number of rotatable bonds is 1. The molecule has 1 aliphatic rings. The quantitative estimate of drug-likeness (QED) is 0.737. The summed E-state index contributed by atoms with van der Waals surface area (Å²) < 4.78 is 1.90.